The highest BCUT2D eigenvalue weighted by molar-refractivity contribution is 7.13. The fraction of sp³-hybridized carbons (Fsp3) is 0.522. The van der Waals surface area contributed by atoms with Crippen molar-refractivity contribution in [2.75, 3.05) is 64.4 Å². The lowest BCUT2D eigenvalue weighted by Crippen LogP contribution is -2.52. The molecule has 1 fully saturated rings. The SMILES string of the molecule is COCCN(C)c1nc(C(=O)Nc2ccc(CN3CCOCC3(C)C)cc2C(=O)OC)cs1. The van der Waals surface area contributed by atoms with Gasteiger partial charge in [-0.1, -0.05) is 6.07 Å². The molecule has 1 aliphatic rings. The van der Waals surface area contributed by atoms with Gasteiger partial charge >= 0.3 is 5.97 Å². The minimum Gasteiger partial charge on any atom is -0.465 e. The highest BCUT2D eigenvalue weighted by Crippen LogP contribution is 2.26. The maximum Gasteiger partial charge on any atom is 0.339 e. The van der Waals surface area contributed by atoms with Crippen LogP contribution < -0.4 is 10.2 Å². The molecule has 1 amide bonds. The van der Waals surface area contributed by atoms with Gasteiger partial charge in [0.05, 0.1) is 38.2 Å². The summed E-state index contributed by atoms with van der Waals surface area (Å²) in [5, 5.41) is 5.22. The number of nitrogens with zero attached hydrogens (tertiary/aromatic N) is 3. The van der Waals surface area contributed by atoms with Crippen molar-refractivity contribution in [3.8, 4) is 0 Å². The van der Waals surface area contributed by atoms with Crippen LogP contribution in [0.4, 0.5) is 10.8 Å². The first-order valence-electron chi connectivity index (χ1n) is 10.8. The minimum absolute atomic E-state index is 0.102. The number of morpholine rings is 1. The summed E-state index contributed by atoms with van der Waals surface area (Å²) in [5.41, 5.74) is 1.84. The fourth-order valence-electron chi connectivity index (χ4n) is 3.54. The van der Waals surface area contributed by atoms with E-state index in [1.54, 1.807) is 24.6 Å². The Balaban J connectivity index is 1.76. The molecule has 33 heavy (non-hydrogen) atoms. The Hall–Kier alpha value is -2.53. The second-order valence-corrected chi connectivity index (χ2v) is 9.38. The second-order valence-electron chi connectivity index (χ2n) is 8.54. The van der Waals surface area contributed by atoms with Crippen molar-refractivity contribution in [2.45, 2.75) is 25.9 Å². The standard InChI is InChI=1S/C23H32N4O5S/c1-23(2)15-32-11-9-27(23)13-16-6-7-18(17(12-16)21(29)31-5)24-20(28)19-14-33-22(25-19)26(3)8-10-30-4/h6-7,12,14H,8-11,13,15H2,1-5H3,(H,24,28). The van der Waals surface area contributed by atoms with Crippen LogP contribution in [0.1, 0.15) is 40.3 Å². The number of benzene rings is 1. The van der Waals surface area contributed by atoms with E-state index >= 15 is 0 Å². The quantitative estimate of drug-likeness (QED) is 0.553. The summed E-state index contributed by atoms with van der Waals surface area (Å²) < 4.78 is 15.6. The van der Waals surface area contributed by atoms with Crippen LogP contribution in [-0.2, 0) is 20.8 Å². The molecule has 0 bridgehead atoms. The first-order valence-corrected chi connectivity index (χ1v) is 11.6. The number of hydrogen-bond acceptors (Lipinski definition) is 9. The predicted molar refractivity (Wildman–Crippen MR) is 128 cm³/mol. The monoisotopic (exact) mass is 476 g/mol. The van der Waals surface area contributed by atoms with Gasteiger partial charge in [0.25, 0.3) is 5.91 Å². The lowest BCUT2D eigenvalue weighted by atomic mass is 10.0. The van der Waals surface area contributed by atoms with Crippen molar-refractivity contribution >= 4 is 34.0 Å². The number of hydrogen-bond donors (Lipinski definition) is 1. The molecule has 0 atom stereocenters. The van der Waals surface area contributed by atoms with Crippen LogP contribution in [0.2, 0.25) is 0 Å². The third-order valence-corrected chi connectivity index (χ3v) is 6.56. The van der Waals surface area contributed by atoms with Gasteiger partial charge in [0.15, 0.2) is 5.13 Å². The number of thiazole rings is 1. The van der Waals surface area contributed by atoms with Gasteiger partial charge in [-0.2, -0.15) is 0 Å². The van der Waals surface area contributed by atoms with E-state index in [1.807, 2.05) is 18.0 Å². The van der Waals surface area contributed by atoms with Gasteiger partial charge in [0, 0.05) is 44.7 Å². The zero-order chi connectivity index (χ0) is 24.0. The molecule has 1 aromatic carbocycles. The van der Waals surface area contributed by atoms with Crippen LogP contribution in [0.25, 0.3) is 0 Å². The summed E-state index contributed by atoms with van der Waals surface area (Å²) in [5.74, 6) is -0.892. The Morgan fingerprint density at radius 3 is 2.82 bits per heavy atom. The maximum atomic E-state index is 12.8. The van der Waals surface area contributed by atoms with Gasteiger partial charge < -0.3 is 24.4 Å². The Morgan fingerprint density at radius 1 is 1.33 bits per heavy atom. The second kappa shape index (κ2) is 11.1. The van der Waals surface area contributed by atoms with Gasteiger partial charge in [0.1, 0.15) is 5.69 Å². The van der Waals surface area contributed by atoms with E-state index in [4.69, 9.17) is 14.2 Å². The Labute approximate surface area is 198 Å². The van der Waals surface area contributed by atoms with E-state index in [9.17, 15) is 9.59 Å². The molecule has 0 saturated carbocycles. The van der Waals surface area contributed by atoms with E-state index in [1.165, 1.54) is 18.4 Å². The van der Waals surface area contributed by atoms with E-state index in [-0.39, 0.29) is 17.1 Å². The molecule has 9 nitrogen and oxygen atoms in total. The molecule has 3 rings (SSSR count). The van der Waals surface area contributed by atoms with Crippen LogP contribution in [0, 0.1) is 0 Å². The average molecular weight is 477 g/mol. The highest BCUT2D eigenvalue weighted by atomic mass is 32.1. The highest BCUT2D eigenvalue weighted by Gasteiger charge is 2.30. The summed E-state index contributed by atoms with van der Waals surface area (Å²) in [4.78, 5) is 34.0. The van der Waals surface area contributed by atoms with Gasteiger partial charge in [0.2, 0.25) is 0 Å². The number of amides is 1. The van der Waals surface area contributed by atoms with Crippen molar-refractivity contribution < 1.29 is 23.8 Å². The molecular weight excluding hydrogens is 444 g/mol. The zero-order valence-corrected chi connectivity index (χ0v) is 20.7. The lowest BCUT2D eigenvalue weighted by Gasteiger charge is -2.42. The van der Waals surface area contributed by atoms with E-state index < -0.39 is 5.97 Å². The summed E-state index contributed by atoms with van der Waals surface area (Å²) in [6.45, 7) is 8.31. The maximum absolute atomic E-state index is 12.8. The molecule has 1 saturated heterocycles. The summed E-state index contributed by atoms with van der Waals surface area (Å²) in [6, 6.07) is 5.43. The van der Waals surface area contributed by atoms with Crippen molar-refractivity contribution in [3.05, 3.63) is 40.4 Å². The first kappa shape index (κ1) is 25.1. The number of carbonyl (C=O) groups excluding carboxylic acids is 2. The number of anilines is 2. The zero-order valence-electron chi connectivity index (χ0n) is 19.8. The molecule has 0 unspecified atom stereocenters. The van der Waals surface area contributed by atoms with Gasteiger partial charge in [-0.05, 0) is 31.5 Å². The topological polar surface area (TPSA) is 93.2 Å². The third-order valence-electron chi connectivity index (χ3n) is 5.61. The molecule has 180 valence electrons. The minimum atomic E-state index is -0.508. The predicted octanol–water partition coefficient (Wildman–Crippen LogP) is 2.88. The number of ether oxygens (including phenoxy) is 3. The van der Waals surface area contributed by atoms with Crippen LogP contribution >= 0.6 is 11.3 Å². The number of nitrogens with one attached hydrogen (secondary N) is 1. The van der Waals surface area contributed by atoms with Crippen LogP contribution in [0.3, 0.4) is 0 Å². The Morgan fingerprint density at radius 2 is 2.12 bits per heavy atom. The molecule has 0 spiro atoms. The average Bonchev–Trinajstić information content (AvgIpc) is 3.30. The van der Waals surface area contributed by atoms with Crippen molar-refractivity contribution in [2.24, 2.45) is 0 Å². The van der Waals surface area contributed by atoms with Crippen molar-refractivity contribution in [3.63, 3.8) is 0 Å². The molecule has 0 radical (unpaired) electrons. The largest absolute Gasteiger partial charge is 0.465 e. The molecule has 2 heterocycles. The Bertz CT molecular complexity index is 978. The van der Waals surface area contributed by atoms with E-state index in [2.05, 4.69) is 29.0 Å². The number of aromatic nitrogens is 1. The molecule has 1 aliphatic heterocycles. The molecule has 2 aromatic rings. The normalized spacial score (nSPS) is 15.8. The Kier molecular flexibility index (Phi) is 8.41. The summed E-state index contributed by atoms with van der Waals surface area (Å²) in [7, 11) is 4.86. The summed E-state index contributed by atoms with van der Waals surface area (Å²) in [6.07, 6.45) is 0. The first-order chi connectivity index (χ1) is 15.7. The van der Waals surface area contributed by atoms with Crippen LogP contribution in [0.15, 0.2) is 23.6 Å². The molecule has 1 N–H and O–H groups in total. The number of rotatable bonds is 9. The molecular formula is C23H32N4O5S. The third kappa shape index (κ3) is 6.29. The molecule has 10 heteroatoms. The van der Waals surface area contributed by atoms with Crippen molar-refractivity contribution in [1.29, 1.82) is 0 Å². The molecule has 1 aromatic heterocycles. The smallest absolute Gasteiger partial charge is 0.339 e. The van der Waals surface area contributed by atoms with Gasteiger partial charge in [-0.3, -0.25) is 9.69 Å². The van der Waals surface area contributed by atoms with E-state index in [0.29, 0.717) is 49.3 Å². The van der Waals surface area contributed by atoms with Crippen LogP contribution in [0.5, 0.6) is 0 Å². The lowest BCUT2D eigenvalue weighted by molar-refractivity contribution is -0.0552. The fourth-order valence-corrected chi connectivity index (χ4v) is 4.33. The number of likely N-dealkylation sites (N-methyl/N-ethyl adjacent to an activating group) is 1. The van der Waals surface area contributed by atoms with Gasteiger partial charge in [-0.25, -0.2) is 9.78 Å². The van der Waals surface area contributed by atoms with Crippen LogP contribution in [-0.4, -0.2) is 81.5 Å². The number of methoxy groups -OCH3 is 2. The molecule has 0 aliphatic carbocycles. The van der Waals surface area contributed by atoms with E-state index in [0.717, 1.165) is 12.1 Å². The summed E-state index contributed by atoms with van der Waals surface area (Å²) >= 11 is 1.37. The van der Waals surface area contributed by atoms with Crippen molar-refractivity contribution in [1.82, 2.24) is 9.88 Å². The number of esters is 1. The number of carbonyl (C=O) groups is 2. The van der Waals surface area contributed by atoms with Gasteiger partial charge in [-0.15, -0.1) is 11.3 Å².